The fourth-order valence-electron chi connectivity index (χ4n) is 3.72. The van der Waals surface area contributed by atoms with Gasteiger partial charge in [0.1, 0.15) is 17.7 Å². The molecule has 10 heteroatoms. The van der Waals surface area contributed by atoms with Crippen LogP contribution in [0.4, 0.5) is 19.0 Å². The number of nitrogens with zero attached hydrogens (tertiary/aromatic N) is 4. The van der Waals surface area contributed by atoms with Crippen LogP contribution < -0.4 is 10.9 Å². The Bertz CT molecular complexity index is 1540. The minimum absolute atomic E-state index is 0.219. The number of imidazole rings is 1. The summed E-state index contributed by atoms with van der Waals surface area (Å²) in [6, 6.07) is 8.62. The zero-order valence-corrected chi connectivity index (χ0v) is 16.6. The third-order valence-corrected chi connectivity index (χ3v) is 5.21. The van der Waals surface area contributed by atoms with Crippen LogP contribution in [0.3, 0.4) is 0 Å². The molecular formula is C22H15F3N6O. The number of hydrogen-bond acceptors (Lipinski definition) is 5. The summed E-state index contributed by atoms with van der Waals surface area (Å²) >= 11 is 0. The van der Waals surface area contributed by atoms with Crippen LogP contribution in [-0.4, -0.2) is 24.5 Å². The summed E-state index contributed by atoms with van der Waals surface area (Å²) in [5, 5.41) is 3.25. The molecule has 0 amide bonds. The van der Waals surface area contributed by atoms with Gasteiger partial charge in [-0.05, 0) is 36.6 Å². The first-order valence-electron chi connectivity index (χ1n) is 9.65. The van der Waals surface area contributed by atoms with E-state index in [9.17, 15) is 18.0 Å². The maximum Gasteiger partial charge on any atom is 0.266 e. The number of halogens is 3. The molecule has 0 aliphatic rings. The number of nitrogens with one attached hydrogen (secondary N) is 2. The van der Waals surface area contributed by atoms with Crippen molar-refractivity contribution in [3.63, 3.8) is 0 Å². The third kappa shape index (κ3) is 3.08. The summed E-state index contributed by atoms with van der Waals surface area (Å²) in [7, 11) is 0. The molecule has 0 fully saturated rings. The van der Waals surface area contributed by atoms with Gasteiger partial charge in [-0.1, -0.05) is 18.2 Å². The third-order valence-electron chi connectivity index (χ3n) is 5.21. The molecule has 3 heterocycles. The van der Waals surface area contributed by atoms with E-state index in [4.69, 9.17) is 0 Å². The molecule has 0 bridgehead atoms. The van der Waals surface area contributed by atoms with Crippen molar-refractivity contribution in [1.82, 2.24) is 24.5 Å². The summed E-state index contributed by atoms with van der Waals surface area (Å²) in [4.78, 5) is 28.6. The highest BCUT2D eigenvalue weighted by Gasteiger charge is 2.22. The van der Waals surface area contributed by atoms with E-state index in [1.165, 1.54) is 30.9 Å². The molecule has 3 aromatic heterocycles. The van der Waals surface area contributed by atoms with Crippen LogP contribution in [0, 0.1) is 17.5 Å². The largest absolute Gasteiger partial charge is 0.360 e. The Balaban J connectivity index is 1.75. The zero-order valence-electron chi connectivity index (χ0n) is 16.6. The second-order valence-electron chi connectivity index (χ2n) is 7.17. The van der Waals surface area contributed by atoms with Crippen molar-refractivity contribution in [3.8, 4) is 5.69 Å². The standard InChI is InChI=1S/C22H15F3N6O/c1-11(30-21-19-20(27-9-26-19)28-10-29-21)16-8-12-4-2-5-13(23)17(12)22(32)31(16)15-7-3-6-14(24)18(15)25/h2-11H,1H3,(H2,26,27,28,29,30)/t11-/m0/s1. The topological polar surface area (TPSA) is 88.5 Å². The number of aromatic amines is 1. The van der Waals surface area contributed by atoms with Gasteiger partial charge in [-0.3, -0.25) is 9.36 Å². The molecule has 5 aromatic rings. The molecular weight excluding hydrogens is 421 g/mol. The first kappa shape index (κ1) is 19.7. The summed E-state index contributed by atoms with van der Waals surface area (Å²) in [5.74, 6) is -2.71. The zero-order chi connectivity index (χ0) is 22.4. The maximum atomic E-state index is 14.7. The Morgan fingerprint density at radius 2 is 1.81 bits per heavy atom. The van der Waals surface area contributed by atoms with E-state index in [0.717, 1.165) is 16.7 Å². The number of fused-ring (bicyclic) bond motifs is 2. The van der Waals surface area contributed by atoms with Crippen molar-refractivity contribution >= 4 is 27.8 Å². The number of aromatic nitrogens is 5. The predicted octanol–water partition coefficient (Wildman–Crippen LogP) is 4.25. The first-order chi connectivity index (χ1) is 15.5. The Morgan fingerprint density at radius 3 is 2.66 bits per heavy atom. The highest BCUT2D eigenvalue weighted by molar-refractivity contribution is 5.84. The first-order valence-corrected chi connectivity index (χ1v) is 9.65. The van der Waals surface area contributed by atoms with Gasteiger partial charge < -0.3 is 10.3 Å². The fraction of sp³-hybridized carbons (Fsp3) is 0.0909. The summed E-state index contributed by atoms with van der Waals surface area (Å²) in [5.41, 5.74) is 0.124. The van der Waals surface area contributed by atoms with E-state index in [1.54, 1.807) is 19.1 Å². The lowest BCUT2D eigenvalue weighted by atomic mass is 10.1. The molecule has 0 aliphatic carbocycles. The van der Waals surface area contributed by atoms with Gasteiger partial charge in [0.25, 0.3) is 5.56 Å². The van der Waals surface area contributed by atoms with E-state index < -0.39 is 29.1 Å². The lowest BCUT2D eigenvalue weighted by molar-refractivity contribution is 0.502. The van der Waals surface area contributed by atoms with Crippen LogP contribution >= 0.6 is 0 Å². The highest BCUT2D eigenvalue weighted by atomic mass is 19.2. The van der Waals surface area contributed by atoms with Gasteiger partial charge in [0, 0.05) is 5.69 Å². The highest BCUT2D eigenvalue weighted by Crippen LogP contribution is 2.27. The average molecular weight is 436 g/mol. The smallest absolute Gasteiger partial charge is 0.266 e. The van der Waals surface area contributed by atoms with Gasteiger partial charge in [0.15, 0.2) is 23.1 Å². The van der Waals surface area contributed by atoms with Crippen LogP contribution in [0.25, 0.3) is 27.6 Å². The van der Waals surface area contributed by atoms with E-state index in [-0.39, 0.29) is 16.8 Å². The lowest BCUT2D eigenvalue weighted by Crippen LogP contribution is -2.27. The van der Waals surface area contributed by atoms with Crippen LogP contribution in [0.2, 0.25) is 0 Å². The molecule has 160 valence electrons. The number of H-pyrrole nitrogens is 1. The minimum Gasteiger partial charge on any atom is -0.360 e. The van der Waals surface area contributed by atoms with E-state index in [1.807, 2.05) is 0 Å². The minimum atomic E-state index is -1.21. The van der Waals surface area contributed by atoms with Gasteiger partial charge in [0.05, 0.1) is 23.4 Å². The molecule has 2 aromatic carbocycles. The van der Waals surface area contributed by atoms with Crippen molar-refractivity contribution in [2.75, 3.05) is 5.32 Å². The number of rotatable bonds is 4. The summed E-state index contributed by atoms with van der Waals surface area (Å²) in [6.07, 6.45) is 2.80. The molecule has 5 rings (SSSR count). The van der Waals surface area contributed by atoms with Crippen molar-refractivity contribution in [2.24, 2.45) is 0 Å². The molecule has 0 radical (unpaired) electrons. The van der Waals surface area contributed by atoms with Crippen LogP contribution in [0.5, 0.6) is 0 Å². The quantitative estimate of drug-likeness (QED) is 0.440. The molecule has 1 atom stereocenters. The Kier molecular flexibility index (Phi) is 4.62. The second kappa shape index (κ2) is 7.49. The van der Waals surface area contributed by atoms with Gasteiger partial charge in [0.2, 0.25) is 0 Å². The van der Waals surface area contributed by atoms with E-state index >= 15 is 0 Å². The Morgan fingerprint density at radius 1 is 1.03 bits per heavy atom. The maximum absolute atomic E-state index is 14.7. The second-order valence-corrected chi connectivity index (χ2v) is 7.17. The summed E-state index contributed by atoms with van der Waals surface area (Å²) in [6.45, 7) is 1.72. The monoisotopic (exact) mass is 436 g/mol. The Labute approximate surface area is 178 Å². The predicted molar refractivity (Wildman–Crippen MR) is 113 cm³/mol. The van der Waals surface area contributed by atoms with E-state index in [0.29, 0.717) is 22.4 Å². The molecule has 0 saturated carbocycles. The lowest BCUT2D eigenvalue weighted by Gasteiger charge is -2.21. The number of pyridine rings is 1. The fourth-order valence-corrected chi connectivity index (χ4v) is 3.72. The van der Waals surface area contributed by atoms with Crippen LogP contribution in [0.1, 0.15) is 18.7 Å². The molecule has 0 saturated heterocycles. The van der Waals surface area contributed by atoms with Gasteiger partial charge in [-0.15, -0.1) is 0 Å². The van der Waals surface area contributed by atoms with Crippen molar-refractivity contribution in [2.45, 2.75) is 13.0 Å². The van der Waals surface area contributed by atoms with Crippen LogP contribution in [0.15, 0.2) is 59.9 Å². The van der Waals surface area contributed by atoms with Gasteiger partial charge >= 0.3 is 0 Å². The van der Waals surface area contributed by atoms with Crippen molar-refractivity contribution in [1.29, 1.82) is 0 Å². The van der Waals surface area contributed by atoms with E-state index in [2.05, 4.69) is 25.3 Å². The molecule has 0 spiro atoms. The number of hydrogen-bond donors (Lipinski definition) is 2. The molecule has 0 unspecified atom stereocenters. The number of benzene rings is 2. The average Bonchev–Trinajstić information content (AvgIpc) is 3.26. The molecule has 2 N–H and O–H groups in total. The van der Waals surface area contributed by atoms with Crippen LogP contribution in [-0.2, 0) is 0 Å². The summed E-state index contributed by atoms with van der Waals surface area (Å²) < 4.78 is 44.2. The molecule has 32 heavy (non-hydrogen) atoms. The number of anilines is 1. The van der Waals surface area contributed by atoms with Crippen molar-refractivity contribution in [3.05, 3.63) is 88.6 Å². The molecule has 0 aliphatic heterocycles. The van der Waals surface area contributed by atoms with Gasteiger partial charge in [-0.25, -0.2) is 28.1 Å². The SMILES string of the molecule is C[C@H](Nc1ncnc2[nH]cnc12)c1cc2cccc(F)c2c(=O)n1-c1cccc(F)c1F. The van der Waals surface area contributed by atoms with Crippen molar-refractivity contribution < 1.29 is 13.2 Å². The molecule has 7 nitrogen and oxygen atoms in total. The normalized spacial score (nSPS) is 12.4. The van der Waals surface area contributed by atoms with Gasteiger partial charge in [-0.2, -0.15) is 0 Å². The Hall–Kier alpha value is -4.21.